The maximum absolute atomic E-state index is 11.8. The lowest BCUT2D eigenvalue weighted by Gasteiger charge is -2.19. The summed E-state index contributed by atoms with van der Waals surface area (Å²) in [7, 11) is 0. The smallest absolute Gasteiger partial charge is 0.233 e. The van der Waals surface area contributed by atoms with Gasteiger partial charge >= 0.3 is 0 Å². The Balaban J connectivity index is 2.58. The van der Waals surface area contributed by atoms with Crippen LogP contribution in [0.2, 0.25) is 0 Å². The van der Waals surface area contributed by atoms with Crippen molar-refractivity contribution in [1.29, 1.82) is 0 Å². The molecule has 0 aliphatic heterocycles. The topological polar surface area (TPSA) is 42.0 Å². The van der Waals surface area contributed by atoms with Crippen LogP contribution >= 0.6 is 12.6 Å². The zero-order valence-electron chi connectivity index (χ0n) is 9.84. The highest BCUT2D eigenvalue weighted by molar-refractivity contribution is 7.81. The van der Waals surface area contributed by atoms with Crippen molar-refractivity contribution < 1.29 is 4.79 Å². The molecule has 0 saturated carbocycles. The van der Waals surface area contributed by atoms with Gasteiger partial charge < -0.3 is 5.32 Å². The first-order valence-corrected chi connectivity index (χ1v) is 5.92. The molecule has 0 bridgehead atoms. The monoisotopic (exact) mass is 238 g/mol. The summed E-state index contributed by atoms with van der Waals surface area (Å²) in [5, 5.41) is 2.66. The molecule has 1 aromatic heterocycles. The molecule has 1 N–H and O–H groups in total. The van der Waals surface area contributed by atoms with Gasteiger partial charge in [-0.3, -0.25) is 9.78 Å². The first-order chi connectivity index (χ1) is 7.52. The highest BCUT2D eigenvalue weighted by Crippen LogP contribution is 2.13. The van der Waals surface area contributed by atoms with E-state index in [9.17, 15) is 4.79 Å². The van der Waals surface area contributed by atoms with Gasteiger partial charge in [-0.15, -0.1) is 0 Å². The second-order valence-electron chi connectivity index (χ2n) is 4.21. The molecule has 1 aromatic rings. The van der Waals surface area contributed by atoms with Gasteiger partial charge in [-0.1, -0.05) is 19.9 Å². The minimum Gasteiger partial charge on any atom is -0.349 e. The number of nitrogens with one attached hydrogen (secondary N) is 1. The molecule has 3 nitrogen and oxygen atoms in total. The third-order valence-corrected chi connectivity index (χ3v) is 3.27. The minimum absolute atomic E-state index is 0.0327. The van der Waals surface area contributed by atoms with Gasteiger partial charge in [-0.25, -0.2) is 0 Å². The maximum atomic E-state index is 11.8. The van der Waals surface area contributed by atoms with Crippen molar-refractivity contribution in [3.05, 3.63) is 30.1 Å². The molecule has 2 atom stereocenters. The van der Waals surface area contributed by atoms with Crippen LogP contribution in [0.25, 0.3) is 0 Å². The van der Waals surface area contributed by atoms with E-state index in [0.717, 1.165) is 5.56 Å². The fourth-order valence-corrected chi connectivity index (χ4v) is 1.39. The molecule has 1 heterocycles. The van der Waals surface area contributed by atoms with E-state index >= 15 is 0 Å². The van der Waals surface area contributed by atoms with E-state index in [2.05, 4.69) is 22.9 Å². The first-order valence-electron chi connectivity index (χ1n) is 5.40. The summed E-state index contributed by atoms with van der Waals surface area (Å²) in [5.41, 5.74) is 1.00. The number of aromatic nitrogens is 1. The van der Waals surface area contributed by atoms with Crippen molar-refractivity contribution in [1.82, 2.24) is 10.3 Å². The molecule has 0 saturated heterocycles. The summed E-state index contributed by atoms with van der Waals surface area (Å²) < 4.78 is 0. The minimum atomic E-state index is -0.265. The molecular weight excluding hydrogens is 220 g/mol. The van der Waals surface area contributed by atoms with Gasteiger partial charge in [0.05, 0.1) is 11.3 Å². The molecular formula is C12H18N2OS. The predicted molar refractivity (Wildman–Crippen MR) is 68.4 cm³/mol. The molecule has 1 amide bonds. The number of thiol groups is 1. The Morgan fingerprint density at radius 1 is 1.44 bits per heavy atom. The second-order valence-corrected chi connectivity index (χ2v) is 4.76. The van der Waals surface area contributed by atoms with Crippen LogP contribution in [0.1, 0.15) is 32.4 Å². The van der Waals surface area contributed by atoms with Crippen LogP contribution in [0.4, 0.5) is 0 Å². The lowest BCUT2D eigenvalue weighted by atomic mass is 10.1. The lowest BCUT2D eigenvalue weighted by Crippen LogP contribution is -2.36. The molecule has 0 radical (unpaired) electrons. The predicted octanol–water partition coefficient (Wildman–Crippen LogP) is 2.21. The summed E-state index contributed by atoms with van der Waals surface area (Å²) in [4.78, 5) is 15.8. The van der Waals surface area contributed by atoms with E-state index < -0.39 is 0 Å². The van der Waals surface area contributed by atoms with Gasteiger partial charge in [-0.05, 0) is 24.5 Å². The number of nitrogens with zero attached hydrogens (tertiary/aromatic N) is 1. The molecule has 0 spiro atoms. The molecule has 0 fully saturated rings. The maximum Gasteiger partial charge on any atom is 0.233 e. The van der Waals surface area contributed by atoms with Crippen molar-refractivity contribution in [3.63, 3.8) is 0 Å². The van der Waals surface area contributed by atoms with E-state index in [-0.39, 0.29) is 23.1 Å². The molecule has 4 heteroatoms. The summed E-state index contributed by atoms with van der Waals surface area (Å²) >= 11 is 4.28. The number of carbonyl (C=O) groups excluding carboxylic acids is 1. The summed E-state index contributed by atoms with van der Waals surface area (Å²) in [6.45, 7) is 5.90. The highest BCUT2D eigenvalue weighted by Gasteiger charge is 2.19. The zero-order chi connectivity index (χ0) is 12.1. The Morgan fingerprint density at radius 2 is 2.12 bits per heavy atom. The quantitative estimate of drug-likeness (QED) is 0.790. The van der Waals surface area contributed by atoms with Crippen LogP contribution in [-0.2, 0) is 4.79 Å². The van der Waals surface area contributed by atoms with Crippen molar-refractivity contribution >= 4 is 18.5 Å². The highest BCUT2D eigenvalue weighted by atomic mass is 32.1. The molecule has 0 aliphatic rings. The van der Waals surface area contributed by atoms with Crippen LogP contribution in [0, 0.1) is 5.92 Å². The molecule has 1 rings (SSSR count). The number of pyridine rings is 1. The molecule has 0 aliphatic carbocycles. The normalized spacial score (nSPS) is 14.6. The van der Waals surface area contributed by atoms with Gasteiger partial charge in [0.15, 0.2) is 0 Å². The van der Waals surface area contributed by atoms with Crippen LogP contribution in [-0.4, -0.2) is 16.1 Å². The Hall–Kier alpha value is -1.03. The Labute approximate surface area is 102 Å². The van der Waals surface area contributed by atoms with Crippen LogP contribution < -0.4 is 5.32 Å². The molecule has 0 aromatic carbocycles. The van der Waals surface area contributed by atoms with Crippen molar-refractivity contribution in [3.8, 4) is 0 Å². The first kappa shape index (κ1) is 13.0. The van der Waals surface area contributed by atoms with Gasteiger partial charge in [0.25, 0.3) is 0 Å². The van der Waals surface area contributed by atoms with E-state index in [1.54, 1.807) is 12.4 Å². The third kappa shape index (κ3) is 3.52. The van der Waals surface area contributed by atoms with Gasteiger partial charge in [0.2, 0.25) is 5.91 Å². The van der Waals surface area contributed by atoms with Crippen molar-refractivity contribution in [2.45, 2.75) is 32.1 Å². The Morgan fingerprint density at radius 3 is 2.62 bits per heavy atom. The van der Waals surface area contributed by atoms with Gasteiger partial charge in [0, 0.05) is 12.4 Å². The number of amides is 1. The van der Waals surface area contributed by atoms with E-state index in [4.69, 9.17) is 0 Å². The third-order valence-electron chi connectivity index (χ3n) is 2.44. The van der Waals surface area contributed by atoms with E-state index in [1.807, 2.05) is 32.9 Å². The van der Waals surface area contributed by atoms with Crippen molar-refractivity contribution in [2.75, 3.05) is 0 Å². The van der Waals surface area contributed by atoms with Gasteiger partial charge in [0.1, 0.15) is 0 Å². The fourth-order valence-electron chi connectivity index (χ4n) is 1.32. The molecule has 88 valence electrons. The average Bonchev–Trinajstić information content (AvgIpc) is 2.28. The Bertz CT molecular complexity index is 340. The lowest BCUT2D eigenvalue weighted by molar-refractivity contribution is -0.121. The van der Waals surface area contributed by atoms with Crippen molar-refractivity contribution in [2.24, 2.45) is 5.92 Å². The standard InChI is InChI=1S/C12H18N2OS/c1-8(2)11(16)12(15)14-9(3)10-5-4-6-13-7-10/h4-9,11,16H,1-3H3,(H,14,15). The number of hydrogen-bond acceptors (Lipinski definition) is 3. The number of rotatable bonds is 4. The summed E-state index contributed by atoms with van der Waals surface area (Å²) in [6.07, 6.45) is 3.47. The number of carbonyl (C=O) groups is 1. The van der Waals surface area contributed by atoms with E-state index in [1.165, 1.54) is 0 Å². The summed E-state index contributed by atoms with van der Waals surface area (Å²) in [5.74, 6) is 0.194. The largest absolute Gasteiger partial charge is 0.349 e. The SMILES string of the molecule is CC(NC(=O)C(S)C(C)C)c1cccnc1. The average molecular weight is 238 g/mol. The fraction of sp³-hybridized carbons (Fsp3) is 0.500. The van der Waals surface area contributed by atoms with Crippen LogP contribution in [0.5, 0.6) is 0 Å². The molecule has 16 heavy (non-hydrogen) atoms. The second kappa shape index (κ2) is 5.89. The molecule has 2 unspecified atom stereocenters. The summed E-state index contributed by atoms with van der Waals surface area (Å²) in [6, 6.07) is 3.77. The van der Waals surface area contributed by atoms with Gasteiger partial charge in [-0.2, -0.15) is 12.6 Å². The van der Waals surface area contributed by atoms with Crippen LogP contribution in [0.3, 0.4) is 0 Å². The Kier molecular flexibility index (Phi) is 4.80. The zero-order valence-corrected chi connectivity index (χ0v) is 10.7. The number of hydrogen-bond donors (Lipinski definition) is 2. The van der Waals surface area contributed by atoms with Crippen LogP contribution in [0.15, 0.2) is 24.5 Å². The van der Waals surface area contributed by atoms with E-state index in [0.29, 0.717) is 0 Å².